The fourth-order valence-corrected chi connectivity index (χ4v) is 6.54. The Hall–Kier alpha value is -3.21. The van der Waals surface area contributed by atoms with Gasteiger partial charge in [-0.1, -0.05) is 36.4 Å². The standard InChI is InChI=1S/C23H22N2O6S2/c26-23(24-21-11-4-5-12-22(21)31-19-8-2-1-3-9-19)17-7-6-10-20(15-17)33(29,30)25-18-13-14-32(27,28)16-18/h1-12,15,18,25H,13-14,16H2,(H,24,26). The van der Waals surface area contributed by atoms with E-state index in [4.69, 9.17) is 4.74 Å². The van der Waals surface area contributed by atoms with Gasteiger partial charge in [0.1, 0.15) is 5.75 Å². The van der Waals surface area contributed by atoms with Crippen LogP contribution in [0, 0.1) is 0 Å². The molecule has 1 aliphatic rings. The molecule has 1 saturated heterocycles. The summed E-state index contributed by atoms with van der Waals surface area (Å²) in [7, 11) is -7.23. The number of ether oxygens (including phenoxy) is 1. The van der Waals surface area contributed by atoms with Gasteiger partial charge in [-0.2, -0.15) is 0 Å². The third-order valence-electron chi connectivity index (χ3n) is 5.07. The lowest BCUT2D eigenvalue weighted by molar-refractivity contribution is 0.102. The average Bonchev–Trinajstić information content (AvgIpc) is 3.13. The molecule has 10 heteroatoms. The van der Waals surface area contributed by atoms with Gasteiger partial charge in [0.15, 0.2) is 15.6 Å². The van der Waals surface area contributed by atoms with E-state index in [1.165, 1.54) is 24.3 Å². The van der Waals surface area contributed by atoms with E-state index in [-0.39, 0.29) is 28.4 Å². The Morgan fingerprint density at radius 1 is 0.939 bits per heavy atom. The smallest absolute Gasteiger partial charge is 0.255 e. The largest absolute Gasteiger partial charge is 0.455 e. The zero-order valence-electron chi connectivity index (χ0n) is 17.5. The first-order chi connectivity index (χ1) is 15.7. The molecule has 1 aliphatic heterocycles. The number of nitrogens with one attached hydrogen (secondary N) is 2. The molecule has 0 bridgehead atoms. The highest BCUT2D eigenvalue weighted by Crippen LogP contribution is 2.29. The summed E-state index contributed by atoms with van der Waals surface area (Å²) in [5.41, 5.74) is 0.556. The molecule has 1 unspecified atom stereocenters. The molecule has 4 rings (SSSR count). The van der Waals surface area contributed by atoms with Gasteiger partial charge in [0.2, 0.25) is 10.0 Å². The molecule has 0 spiro atoms. The molecular formula is C23H22N2O6S2. The second-order valence-corrected chi connectivity index (χ2v) is 11.6. The molecule has 2 N–H and O–H groups in total. The highest BCUT2D eigenvalue weighted by atomic mass is 32.2. The molecule has 0 radical (unpaired) electrons. The summed E-state index contributed by atoms with van der Waals surface area (Å²) < 4.78 is 57.0. The quantitative estimate of drug-likeness (QED) is 0.529. The molecule has 8 nitrogen and oxygen atoms in total. The third kappa shape index (κ3) is 5.78. The number of carbonyl (C=O) groups is 1. The van der Waals surface area contributed by atoms with Crippen molar-refractivity contribution in [3.05, 3.63) is 84.4 Å². The van der Waals surface area contributed by atoms with Gasteiger partial charge in [-0.05, 0) is 48.9 Å². The van der Waals surface area contributed by atoms with Crippen LogP contribution in [0.4, 0.5) is 5.69 Å². The van der Waals surface area contributed by atoms with Crippen LogP contribution in [0.2, 0.25) is 0 Å². The molecule has 33 heavy (non-hydrogen) atoms. The maximum absolute atomic E-state index is 12.9. The fourth-order valence-electron chi connectivity index (χ4n) is 3.45. The van der Waals surface area contributed by atoms with Crippen molar-refractivity contribution in [2.24, 2.45) is 0 Å². The number of para-hydroxylation sites is 3. The monoisotopic (exact) mass is 486 g/mol. The first-order valence-electron chi connectivity index (χ1n) is 10.2. The summed E-state index contributed by atoms with van der Waals surface area (Å²) in [6, 6.07) is 20.9. The maximum Gasteiger partial charge on any atom is 0.255 e. The minimum absolute atomic E-state index is 0.0485. The number of rotatable bonds is 7. The molecule has 1 amide bonds. The number of carbonyl (C=O) groups excluding carboxylic acids is 1. The first kappa shape index (κ1) is 23.0. The highest BCUT2D eigenvalue weighted by Gasteiger charge is 2.31. The lowest BCUT2D eigenvalue weighted by Gasteiger charge is -2.14. The van der Waals surface area contributed by atoms with Crippen molar-refractivity contribution in [2.75, 3.05) is 16.8 Å². The topological polar surface area (TPSA) is 119 Å². The van der Waals surface area contributed by atoms with Gasteiger partial charge >= 0.3 is 0 Å². The van der Waals surface area contributed by atoms with Gasteiger partial charge in [-0.15, -0.1) is 0 Å². The Labute approximate surface area is 192 Å². The molecule has 172 valence electrons. The van der Waals surface area contributed by atoms with Crippen molar-refractivity contribution in [3.63, 3.8) is 0 Å². The molecule has 1 atom stereocenters. The van der Waals surface area contributed by atoms with E-state index in [0.717, 1.165) is 0 Å². The number of hydrogen-bond donors (Lipinski definition) is 2. The highest BCUT2D eigenvalue weighted by molar-refractivity contribution is 7.92. The molecule has 1 fully saturated rings. The Morgan fingerprint density at radius 3 is 2.39 bits per heavy atom. The van der Waals surface area contributed by atoms with Crippen molar-refractivity contribution in [3.8, 4) is 11.5 Å². The number of hydrogen-bond acceptors (Lipinski definition) is 6. The van der Waals surface area contributed by atoms with Crippen molar-refractivity contribution in [2.45, 2.75) is 17.4 Å². The molecule has 3 aromatic carbocycles. The number of sulfonamides is 1. The van der Waals surface area contributed by atoms with Crippen LogP contribution in [0.25, 0.3) is 0 Å². The van der Waals surface area contributed by atoms with Gasteiger partial charge in [-0.3, -0.25) is 4.79 Å². The van der Waals surface area contributed by atoms with Gasteiger partial charge in [-0.25, -0.2) is 21.6 Å². The van der Waals surface area contributed by atoms with Crippen molar-refractivity contribution >= 4 is 31.5 Å². The van der Waals surface area contributed by atoms with Crippen molar-refractivity contribution in [1.82, 2.24) is 4.72 Å². The Morgan fingerprint density at radius 2 is 1.67 bits per heavy atom. The average molecular weight is 487 g/mol. The van der Waals surface area contributed by atoms with E-state index < -0.39 is 31.8 Å². The lowest BCUT2D eigenvalue weighted by Crippen LogP contribution is -2.35. The predicted octanol–water partition coefficient (Wildman–Crippen LogP) is 3.20. The second kappa shape index (κ2) is 9.34. The van der Waals surface area contributed by atoms with Crippen LogP contribution in [0.5, 0.6) is 11.5 Å². The zero-order chi connectivity index (χ0) is 23.5. The predicted molar refractivity (Wildman–Crippen MR) is 125 cm³/mol. The Bertz CT molecular complexity index is 1370. The molecular weight excluding hydrogens is 464 g/mol. The van der Waals surface area contributed by atoms with E-state index in [1.807, 2.05) is 18.2 Å². The zero-order valence-corrected chi connectivity index (χ0v) is 19.1. The normalized spacial score (nSPS) is 17.4. The van der Waals surface area contributed by atoms with Crippen molar-refractivity contribution in [1.29, 1.82) is 0 Å². The van der Waals surface area contributed by atoms with Gasteiger partial charge < -0.3 is 10.1 Å². The van der Waals surface area contributed by atoms with E-state index in [1.54, 1.807) is 36.4 Å². The molecule has 3 aromatic rings. The molecule has 1 heterocycles. The summed E-state index contributed by atoms with van der Waals surface area (Å²) in [5, 5.41) is 2.75. The number of sulfone groups is 1. The van der Waals surface area contributed by atoms with Crippen LogP contribution < -0.4 is 14.8 Å². The van der Waals surface area contributed by atoms with Crippen LogP contribution in [0.1, 0.15) is 16.8 Å². The van der Waals surface area contributed by atoms with E-state index in [9.17, 15) is 21.6 Å². The lowest BCUT2D eigenvalue weighted by atomic mass is 10.2. The van der Waals surface area contributed by atoms with E-state index in [0.29, 0.717) is 17.2 Å². The SMILES string of the molecule is O=C(Nc1ccccc1Oc1ccccc1)c1cccc(S(=O)(=O)NC2CCS(=O)(=O)C2)c1. The third-order valence-corrected chi connectivity index (χ3v) is 8.35. The molecule has 0 aromatic heterocycles. The summed E-state index contributed by atoms with van der Waals surface area (Å²) in [6.07, 6.45) is 0.222. The van der Waals surface area contributed by atoms with Gasteiger partial charge in [0, 0.05) is 11.6 Å². The molecule has 0 aliphatic carbocycles. The van der Waals surface area contributed by atoms with Crippen LogP contribution in [-0.2, 0) is 19.9 Å². The Kier molecular flexibility index (Phi) is 6.50. The Balaban J connectivity index is 1.51. The van der Waals surface area contributed by atoms with E-state index >= 15 is 0 Å². The summed E-state index contributed by atoms with van der Waals surface area (Å²) >= 11 is 0. The van der Waals surface area contributed by atoms with Crippen LogP contribution in [0.3, 0.4) is 0 Å². The maximum atomic E-state index is 12.9. The van der Waals surface area contributed by atoms with Gasteiger partial charge in [0.05, 0.1) is 22.1 Å². The van der Waals surface area contributed by atoms with Crippen LogP contribution in [0.15, 0.2) is 83.8 Å². The minimum atomic E-state index is -3.99. The number of amides is 1. The first-order valence-corrected chi connectivity index (χ1v) is 13.5. The summed E-state index contributed by atoms with van der Waals surface area (Å²) in [5.74, 6) is 0.245. The number of benzene rings is 3. The molecule has 0 saturated carbocycles. The van der Waals surface area contributed by atoms with Crippen molar-refractivity contribution < 1.29 is 26.4 Å². The van der Waals surface area contributed by atoms with E-state index in [2.05, 4.69) is 10.0 Å². The second-order valence-electron chi connectivity index (χ2n) is 7.61. The van der Waals surface area contributed by atoms with Crippen LogP contribution in [-0.4, -0.2) is 40.3 Å². The summed E-state index contributed by atoms with van der Waals surface area (Å²) in [4.78, 5) is 12.7. The fraction of sp³-hybridized carbons (Fsp3) is 0.174. The summed E-state index contributed by atoms with van der Waals surface area (Å²) in [6.45, 7) is 0. The minimum Gasteiger partial charge on any atom is -0.455 e. The van der Waals surface area contributed by atoms with Gasteiger partial charge in [0.25, 0.3) is 5.91 Å². The van der Waals surface area contributed by atoms with Crippen LogP contribution >= 0.6 is 0 Å². The number of anilines is 1.